The second-order valence-electron chi connectivity index (χ2n) is 5.26. The average molecular weight is 261 g/mol. The predicted molar refractivity (Wildman–Crippen MR) is 79.7 cm³/mol. The largest absolute Gasteiger partial charge is 0.331 e. The summed E-state index contributed by atoms with van der Waals surface area (Å²) in [7, 11) is 0. The molecule has 20 heavy (non-hydrogen) atoms. The van der Waals surface area contributed by atoms with E-state index in [1.165, 1.54) is 22.5 Å². The van der Waals surface area contributed by atoms with Crippen LogP contribution in [-0.4, -0.2) is 4.57 Å². The van der Waals surface area contributed by atoms with Gasteiger partial charge in [0.2, 0.25) is 0 Å². The molecule has 2 aromatic carbocycles. The molecule has 2 nitrogen and oxygen atoms in total. The van der Waals surface area contributed by atoms with E-state index in [0.717, 1.165) is 6.54 Å². The van der Waals surface area contributed by atoms with Gasteiger partial charge in [-0.2, -0.15) is 0 Å². The SMILES string of the molecule is c1ccc([C@H]2[NH2+]Cc3ccccc3-n3cccc32)cc1. The lowest BCUT2D eigenvalue weighted by molar-refractivity contribution is -0.702. The molecule has 0 saturated carbocycles. The number of hydrogen-bond acceptors (Lipinski definition) is 0. The molecule has 1 aromatic heterocycles. The average Bonchev–Trinajstić information content (AvgIpc) is 2.93. The minimum absolute atomic E-state index is 0.360. The number of aromatic nitrogens is 1. The molecule has 98 valence electrons. The van der Waals surface area contributed by atoms with E-state index >= 15 is 0 Å². The number of fused-ring (bicyclic) bond motifs is 3. The van der Waals surface area contributed by atoms with E-state index in [0.29, 0.717) is 6.04 Å². The van der Waals surface area contributed by atoms with Crippen molar-refractivity contribution in [3.63, 3.8) is 0 Å². The molecule has 0 unspecified atom stereocenters. The van der Waals surface area contributed by atoms with Crippen molar-refractivity contribution in [2.45, 2.75) is 12.6 Å². The molecular formula is C18H17N2+. The third-order valence-electron chi connectivity index (χ3n) is 4.08. The Morgan fingerprint density at radius 3 is 2.55 bits per heavy atom. The second-order valence-corrected chi connectivity index (χ2v) is 5.26. The number of para-hydroxylation sites is 1. The van der Waals surface area contributed by atoms with Gasteiger partial charge in [-0.05, 0) is 18.2 Å². The molecule has 2 heterocycles. The van der Waals surface area contributed by atoms with Gasteiger partial charge in [0.25, 0.3) is 0 Å². The minimum atomic E-state index is 0.360. The molecule has 1 aliphatic heterocycles. The highest BCUT2D eigenvalue weighted by Gasteiger charge is 2.25. The molecule has 0 saturated heterocycles. The monoisotopic (exact) mass is 261 g/mol. The van der Waals surface area contributed by atoms with E-state index in [9.17, 15) is 0 Å². The Labute approximate surface area is 118 Å². The number of benzene rings is 2. The molecule has 3 aromatic rings. The van der Waals surface area contributed by atoms with Crippen LogP contribution in [0.4, 0.5) is 0 Å². The second kappa shape index (κ2) is 4.66. The molecule has 0 fully saturated rings. The highest BCUT2D eigenvalue weighted by atomic mass is 15.1. The van der Waals surface area contributed by atoms with Crippen LogP contribution in [0.1, 0.15) is 22.9 Å². The van der Waals surface area contributed by atoms with Crippen LogP contribution in [0.25, 0.3) is 5.69 Å². The molecular weight excluding hydrogens is 244 g/mol. The van der Waals surface area contributed by atoms with E-state index in [4.69, 9.17) is 0 Å². The van der Waals surface area contributed by atoms with E-state index < -0.39 is 0 Å². The van der Waals surface area contributed by atoms with Gasteiger partial charge in [0.15, 0.2) is 6.04 Å². The fourth-order valence-corrected chi connectivity index (χ4v) is 3.12. The van der Waals surface area contributed by atoms with Crippen molar-refractivity contribution in [3.8, 4) is 5.69 Å². The zero-order valence-corrected chi connectivity index (χ0v) is 11.2. The Hall–Kier alpha value is -2.32. The summed E-state index contributed by atoms with van der Waals surface area (Å²) < 4.78 is 2.33. The van der Waals surface area contributed by atoms with Gasteiger partial charge in [-0.15, -0.1) is 0 Å². The Morgan fingerprint density at radius 1 is 0.850 bits per heavy atom. The van der Waals surface area contributed by atoms with Crippen LogP contribution >= 0.6 is 0 Å². The van der Waals surface area contributed by atoms with Gasteiger partial charge in [-0.25, -0.2) is 0 Å². The summed E-state index contributed by atoms with van der Waals surface area (Å²) in [5.74, 6) is 0. The number of nitrogens with two attached hydrogens (primary N) is 1. The van der Waals surface area contributed by atoms with Crippen LogP contribution in [-0.2, 0) is 6.54 Å². The molecule has 4 rings (SSSR count). The maximum atomic E-state index is 2.42. The summed E-state index contributed by atoms with van der Waals surface area (Å²) in [5, 5.41) is 2.42. The summed E-state index contributed by atoms with van der Waals surface area (Å²) in [4.78, 5) is 0. The molecule has 0 radical (unpaired) electrons. The minimum Gasteiger partial charge on any atom is -0.331 e. The Bertz CT molecular complexity index is 728. The van der Waals surface area contributed by atoms with Crippen molar-refractivity contribution in [1.29, 1.82) is 0 Å². The van der Waals surface area contributed by atoms with E-state index in [-0.39, 0.29) is 0 Å². The van der Waals surface area contributed by atoms with Gasteiger partial charge in [0, 0.05) is 17.3 Å². The van der Waals surface area contributed by atoms with Crippen molar-refractivity contribution in [2.24, 2.45) is 0 Å². The first-order chi connectivity index (χ1) is 9.93. The number of quaternary nitrogens is 1. The van der Waals surface area contributed by atoms with E-state index in [1.807, 2.05) is 0 Å². The van der Waals surface area contributed by atoms with Crippen LogP contribution in [0.15, 0.2) is 72.9 Å². The van der Waals surface area contributed by atoms with Gasteiger partial charge in [-0.3, -0.25) is 0 Å². The molecule has 0 amide bonds. The highest BCUT2D eigenvalue weighted by Crippen LogP contribution is 2.26. The molecule has 1 atom stereocenters. The third-order valence-corrected chi connectivity index (χ3v) is 4.08. The fraction of sp³-hybridized carbons (Fsp3) is 0.111. The van der Waals surface area contributed by atoms with Gasteiger partial charge < -0.3 is 9.88 Å². The van der Waals surface area contributed by atoms with Gasteiger partial charge in [-0.1, -0.05) is 48.5 Å². The van der Waals surface area contributed by atoms with Crippen molar-refractivity contribution in [2.75, 3.05) is 0 Å². The Kier molecular flexibility index (Phi) is 2.68. The standard InChI is InChI=1S/C18H16N2/c1-2-7-14(8-3-1)18-17-11-6-12-20(17)16-10-5-4-9-15(16)13-19-18/h1-12,18-19H,13H2/p+1/t18-/m1/s1. The predicted octanol–water partition coefficient (Wildman–Crippen LogP) is 2.64. The first kappa shape index (κ1) is 11.5. The summed E-state index contributed by atoms with van der Waals surface area (Å²) in [5.41, 5.74) is 5.41. The lowest BCUT2D eigenvalue weighted by Crippen LogP contribution is -2.83. The van der Waals surface area contributed by atoms with Crippen molar-refractivity contribution >= 4 is 0 Å². The number of nitrogens with zero attached hydrogens (tertiary/aromatic N) is 1. The van der Waals surface area contributed by atoms with Crippen LogP contribution in [0.2, 0.25) is 0 Å². The Morgan fingerprint density at radius 2 is 1.65 bits per heavy atom. The molecule has 2 heteroatoms. The van der Waals surface area contributed by atoms with E-state index in [2.05, 4.69) is 82.8 Å². The third kappa shape index (κ3) is 1.77. The molecule has 1 aliphatic rings. The van der Waals surface area contributed by atoms with Gasteiger partial charge in [0.1, 0.15) is 6.54 Å². The van der Waals surface area contributed by atoms with Crippen LogP contribution in [0, 0.1) is 0 Å². The Balaban J connectivity index is 1.88. The van der Waals surface area contributed by atoms with Crippen LogP contribution < -0.4 is 5.32 Å². The summed E-state index contributed by atoms with van der Waals surface area (Å²) in [6, 6.07) is 24.2. The highest BCUT2D eigenvalue weighted by molar-refractivity contribution is 5.45. The van der Waals surface area contributed by atoms with Gasteiger partial charge in [0.05, 0.1) is 11.4 Å². The smallest absolute Gasteiger partial charge is 0.153 e. The van der Waals surface area contributed by atoms with Gasteiger partial charge >= 0.3 is 0 Å². The van der Waals surface area contributed by atoms with Crippen molar-refractivity contribution < 1.29 is 5.32 Å². The molecule has 0 spiro atoms. The van der Waals surface area contributed by atoms with Crippen LogP contribution in [0.3, 0.4) is 0 Å². The topological polar surface area (TPSA) is 21.5 Å². The molecule has 0 aliphatic carbocycles. The van der Waals surface area contributed by atoms with Crippen molar-refractivity contribution in [3.05, 3.63) is 89.7 Å². The zero-order chi connectivity index (χ0) is 13.4. The van der Waals surface area contributed by atoms with Crippen molar-refractivity contribution in [1.82, 2.24) is 4.57 Å². The summed E-state index contributed by atoms with van der Waals surface area (Å²) >= 11 is 0. The fourth-order valence-electron chi connectivity index (χ4n) is 3.12. The normalized spacial score (nSPS) is 17.1. The first-order valence-corrected chi connectivity index (χ1v) is 7.07. The summed E-state index contributed by atoms with van der Waals surface area (Å²) in [6.07, 6.45) is 2.17. The summed E-state index contributed by atoms with van der Waals surface area (Å²) in [6.45, 7) is 1.01. The molecule has 0 bridgehead atoms. The zero-order valence-electron chi connectivity index (χ0n) is 11.2. The maximum Gasteiger partial charge on any atom is 0.153 e. The lowest BCUT2D eigenvalue weighted by atomic mass is 10.0. The lowest BCUT2D eigenvalue weighted by Gasteiger charge is -2.14. The van der Waals surface area contributed by atoms with E-state index in [1.54, 1.807) is 0 Å². The number of rotatable bonds is 1. The number of hydrogen-bond donors (Lipinski definition) is 1. The molecule has 2 N–H and O–H groups in total. The van der Waals surface area contributed by atoms with Crippen LogP contribution in [0.5, 0.6) is 0 Å². The quantitative estimate of drug-likeness (QED) is 0.695. The first-order valence-electron chi connectivity index (χ1n) is 7.07. The maximum absolute atomic E-state index is 2.42.